The summed E-state index contributed by atoms with van der Waals surface area (Å²) in [6.07, 6.45) is 3.37. The number of nitrogens with zero attached hydrogens (tertiary/aromatic N) is 1. The van der Waals surface area contributed by atoms with E-state index in [4.69, 9.17) is 22.6 Å². The summed E-state index contributed by atoms with van der Waals surface area (Å²) in [6, 6.07) is 5.22. The van der Waals surface area contributed by atoms with Gasteiger partial charge in [0.1, 0.15) is 12.1 Å². The highest BCUT2D eigenvalue weighted by Crippen LogP contribution is 2.22. The molecule has 34 heavy (non-hydrogen) atoms. The van der Waals surface area contributed by atoms with Crippen LogP contribution in [0.1, 0.15) is 31.7 Å². The second-order valence-electron chi connectivity index (χ2n) is 8.96. The lowest BCUT2D eigenvalue weighted by Gasteiger charge is -2.39. The Kier molecular flexibility index (Phi) is 8.11. The first-order valence-corrected chi connectivity index (χ1v) is 11.5. The van der Waals surface area contributed by atoms with Crippen molar-refractivity contribution in [2.45, 2.75) is 50.7 Å². The Hall–Kier alpha value is -3.60. The standard InChI is InChI=1S/C23H34N8O3/c1-13-9-16(24)22(34)31(12-13)19(7-4-8-28-23(26)27)21(33)30-18(20(25)32)10-14-11-29-17-6-3-2-5-15(14)17/h2-3,5-6,11,13,16,18-19,29H,4,7-10,12,24H2,1H3,(H2,25,32)(H,30,33)(H4,26,27,28)/t13?,16-,18-,19-/m0/s1. The van der Waals surface area contributed by atoms with Crippen LogP contribution in [0.3, 0.4) is 0 Å². The van der Waals surface area contributed by atoms with Crippen molar-refractivity contribution in [1.82, 2.24) is 20.5 Å². The number of para-hydroxylation sites is 1. The fourth-order valence-corrected chi connectivity index (χ4v) is 4.49. The number of likely N-dealkylation sites (tertiary alicyclic amines) is 1. The number of nitrogens with two attached hydrogens (primary N) is 3. The number of carbonyl (C=O) groups excluding carboxylic acids is 3. The molecule has 1 aliphatic rings. The highest BCUT2D eigenvalue weighted by molar-refractivity contribution is 5.93. The van der Waals surface area contributed by atoms with Gasteiger partial charge in [0, 0.05) is 36.6 Å². The number of guanidine groups is 1. The van der Waals surface area contributed by atoms with Crippen LogP contribution in [0, 0.1) is 11.3 Å². The lowest BCUT2D eigenvalue weighted by Crippen LogP contribution is -2.60. The Bertz CT molecular complexity index is 1050. The van der Waals surface area contributed by atoms with Crippen molar-refractivity contribution in [3.8, 4) is 0 Å². The van der Waals surface area contributed by atoms with Crippen molar-refractivity contribution in [1.29, 1.82) is 5.41 Å². The number of piperidine rings is 1. The number of primary amides is 1. The normalized spacial score (nSPS) is 20.1. The molecule has 1 aliphatic heterocycles. The number of carbonyl (C=O) groups is 3. The number of nitrogens with one attached hydrogen (secondary N) is 4. The molecule has 11 heteroatoms. The van der Waals surface area contributed by atoms with Crippen molar-refractivity contribution < 1.29 is 14.4 Å². The van der Waals surface area contributed by atoms with Gasteiger partial charge in [0.05, 0.1) is 6.04 Å². The van der Waals surface area contributed by atoms with E-state index in [0.29, 0.717) is 32.4 Å². The molecule has 2 aromatic rings. The molecule has 3 rings (SSSR count). The first-order chi connectivity index (χ1) is 16.2. The zero-order valence-electron chi connectivity index (χ0n) is 19.3. The number of fused-ring (bicyclic) bond motifs is 1. The molecule has 10 N–H and O–H groups in total. The Morgan fingerprint density at radius 2 is 2.03 bits per heavy atom. The summed E-state index contributed by atoms with van der Waals surface area (Å²) >= 11 is 0. The van der Waals surface area contributed by atoms with Crippen LogP contribution in [0.15, 0.2) is 30.5 Å². The Labute approximate surface area is 198 Å². The first-order valence-electron chi connectivity index (χ1n) is 11.5. The second-order valence-corrected chi connectivity index (χ2v) is 8.96. The quantitative estimate of drug-likeness (QED) is 0.139. The minimum atomic E-state index is -0.949. The van der Waals surface area contributed by atoms with E-state index in [1.165, 1.54) is 4.90 Å². The molecular formula is C23H34N8O3. The van der Waals surface area contributed by atoms with Gasteiger partial charge in [-0.15, -0.1) is 0 Å². The number of benzene rings is 1. The van der Waals surface area contributed by atoms with Gasteiger partial charge in [-0.05, 0) is 36.8 Å². The highest BCUT2D eigenvalue weighted by Gasteiger charge is 2.38. The van der Waals surface area contributed by atoms with Crippen molar-refractivity contribution in [2.75, 3.05) is 13.1 Å². The van der Waals surface area contributed by atoms with Gasteiger partial charge in [-0.2, -0.15) is 0 Å². The van der Waals surface area contributed by atoms with E-state index < -0.39 is 29.9 Å². The van der Waals surface area contributed by atoms with E-state index in [0.717, 1.165) is 16.5 Å². The molecule has 1 fully saturated rings. The predicted molar refractivity (Wildman–Crippen MR) is 130 cm³/mol. The van der Waals surface area contributed by atoms with Crippen LogP contribution in [0.4, 0.5) is 0 Å². The Morgan fingerprint density at radius 1 is 1.29 bits per heavy atom. The molecule has 0 bridgehead atoms. The third-order valence-electron chi connectivity index (χ3n) is 6.17. The molecular weight excluding hydrogens is 436 g/mol. The van der Waals surface area contributed by atoms with Gasteiger partial charge in [0.2, 0.25) is 17.7 Å². The van der Waals surface area contributed by atoms with Gasteiger partial charge in [0.25, 0.3) is 0 Å². The molecule has 1 saturated heterocycles. The summed E-state index contributed by atoms with van der Waals surface area (Å²) in [5.74, 6) is -1.44. The summed E-state index contributed by atoms with van der Waals surface area (Å²) < 4.78 is 0. The van der Waals surface area contributed by atoms with E-state index >= 15 is 0 Å². The number of aromatic amines is 1. The van der Waals surface area contributed by atoms with E-state index in [9.17, 15) is 14.4 Å². The summed E-state index contributed by atoms with van der Waals surface area (Å²) in [5.41, 5.74) is 18.8. The maximum atomic E-state index is 13.4. The second kappa shape index (κ2) is 11.0. The largest absolute Gasteiger partial charge is 0.370 e. The molecule has 184 valence electrons. The van der Waals surface area contributed by atoms with E-state index in [1.807, 2.05) is 31.2 Å². The summed E-state index contributed by atoms with van der Waals surface area (Å²) in [4.78, 5) is 43.1. The van der Waals surface area contributed by atoms with Crippen LogP contribution in [-0.4, -0.2) is 64.8 Å². The molecule has 0 radical (unpaired) electrons. The molecule has 3 amide bonds. The van der Waals surface area contributed by atoms with Crippen molar-refractivity contribution >= 4 is 34.6 Å². The Balaban J connectivity index is 1.77. The zero-order chi connectivity index (χ0) is 24.8. The SMILES string of the molecule is CC1C[C@H](N)C(=O)N([C@@H](CCCNC(=N)N)C(=O)N[C@@H](Cc2c[nH]c3ccccc23)C(N)=O)C1. The number of aromatic nitrogens is 1. The van der Waals surface area contributed by atoms with Crippen molar-refractivity contribution in [2.24, 2.45) is 23.1 Å². The van der Waals surface area contributed by atoms with E-state index in [-0.39, 0.29) is 24.2 Å². The topological polar surface area (TPSA) is 196 Å². The lowest BCUT2D eigenvalue weighted by molar-refractivity contribution is -0.146. The van der Waals surface area contributed by atoms with Crippen LogP contribution < -0.4 is 27.8 Å². The number of H-pyrrole nitrogens is 1. The lowest BCUT2D eigenvalue weighted by atomic mass is 9.93. The van der Waals surface area contributed by atoms with Crippen LogP contribution in [-0.2, 0) is 20.8 Å². The first kappa shape index (κ1) is 25.0. The third kappa shape index (κ3) is 6.04. The maximum absolute atomic E-state index is 13.4. The molecule has 1 aromatic heterocycles. The highest BCUT2D eigenvalue weighted by atomic mass is 16.2. The summed E-state index contributed by atoms with van der Waals surface area (Å²) in [6.45, 7) is 2.75. The monoisotopic (exact) mass is 470 g/mol. The van der Waals surface area contributed by atoms with Crippen molar-refractivity contribution in [3.63, 3.8) is 0 Å². The number of rotatable bonds is 10. The van der Waals surface area contributed by atoms with Gasteiger partial charge >= 0.3 is 0 Å². The van der Waals surface area contributed by atoms with Gasteiger partial charge < -0.3 is 37.7 Å². The number of hydrogen-bond acceptors (Lipinski definition) is 5. The van der Waals surface area contributed by atoms with Crippen LogP contribution in [0.5, 0.6) is 0 Å². The molecule has 4 atom stereocenters. The smallest absolute Gasteiger partial charge is 0.243 e. The molecule has 0 aliphatic carbocycles. The van der Waals surface area contributed by atoms with Gasteiger partial charge in [0.15, 0.2) is 5.96 Å². The zero-order valence-corrected chi connectivity index (χ0v) is 19.3. The average Bonchev–Trinajstić information content (AvgIpc) is 3.18. The van der Waals surface area contributed by atoms with Crippen molar-refractivity contribution in [3.05, 3.63) is 36.0 Å². The number of hydrogen-bond donors (Lipinski definition) is 7. The minimum absolute atomic E-state index is 0.136. The third-order valence-corrected chi connectivity index (χ3v) is 6.17. The summed E-state index contributed by atoms with van der Waals surface area (Å²) in [5, 5.41) is 13.7. The predicted octanol–water partition coefficient (Wildman–Crippen LogP) is -0.492. The van der Waals surface area contributed by atoms with Crippen LogP contribution in [0.2, 0.25) is 0 Å². The fourth-order valence-electron chi connectivity index (χ4n) is 4.49. The number of amides is 3. The minimum Gasteiger partial charge on any atom is -0.370 e. The molecule has 0 saturated carbocycles. The molecule has 1 aromatic carbocycles. The van der Waals surface area contributed by atoms with Gasteiger partial charge in [-0.25, -0.2) is 0 Å². The van der Waals surface area contributed by atoms with Crippen LogP contribution >= 0.6 is 0 Å². The van der Waals surface area contributed by atoms with E-state index in [2.05, 4.69) is 15.6 Å². The molecule has 1 unspecified atom stereocenters. The Morgan fingerprint density at radius 3 is 2.74 bits per heavy atom. The van der Waals surface area contributed by atoms with Gasteiger partial charge in [-0.1, -0.05) is 25.1 Å². The molecule has 0 spiro atoms. The maximum Gasteiger partial charge on any atom is 0.243 e. The van der Waals surface area contributed by atoms with E-state index in [1.54, 1.807) is 6.20 Å². The fraction of sp³-hybridized carbons (Fsp3) is 0.478. The average molecular weight is 471 g/mol. The van der Waals surface area contributed by atoms with Crippen LogP contribution in [0.25, 0.3) is 10.9 Å². The van der Waals surface area contributed by atoms with Gasteiger partial charge in [-0.3, -0.25) is 19.8 Å². The molecule has 11 nitrogen and oxygen atoms in total. The summed E-state index contributed by atoms with van der Waals surface area (Å²) in [7, 11) is 0. The molecule has 2 heterocycles.